The summed E-state index contributed by atoms with van der Waals surface area (Å²) in [7, 11) is 0. The molecule has 1 aliphatic carbocycles. The summed E-state index contributed by atoms with van der Waals surface area (Å²) in [6, 6.07) is 7.81. The van der Waals surface area contributed by atoms with Crippen LogP contribution < -0.4 is 10.1 Å². The molecule has 2 fully saturated rings. The van der Waals surface area contributed by atoms with Gasteiger partial charge in [-0.2, -0.15) is 0 Å². The van der Waals surface area contributed by atoms with E-state index in [0.717, 1.165) is 6.42 Å². The number of hydrogen-bond acceptors (Lipinski definition) is 5. The average Bonchev–Trinajstić information content (AvgIpc) is 2.57. The van der Waals surface area contributed by atoms with E-state index in [1.807, 2.05) is 47.8 Å². The quantitative estimate of drug-likeness (QED) is 0.805. The fraction of sp³-hybridized carbons (Fsp3) is 0.529. The number of ether oxygens (including phenoxy) is 1. The highest BCUT2D eigenvalue weighted by Crippen LogP contribution is 2.43. The van der Waals surface area contributed by atoms with Crippen molar-refractivity contribution in [3.8, 4) is 5.75 Å². The smallest absolute Gasteiger partial charge is 0.329 e. The molecule has 24 heavy (non-hydrogen) atoms. The molecule has 1 amide bonds. The second-order valence-corrected chi connectivity index (χ2v) is 8.80. The number of carbonyl (C=O) groups excluding carboxylic acids is 1. The van der Waals surface area contributed by atoms with Crippen LogP contribution in [0, 0.1) is 0 Å². The first-order valence-electron chi connectivity index (χ1n) is 8.09. The highest BCUT2D eigenvalue weighted by molar-refractivity contribution is 8.16. The number of nitrogens with one attached hydrogen (secondary N) is 1. The molecule has 2 aliphatic rings. The first kappa shape index (κ1) is 17.5. The van der Waals surface area contributed by atoms with Gasteiger partial charge in [0.15, 0.2) is 6.61 Å². The molecular formula is C17H21NO4S2. The van der Waals surface area contributed by atoms with Gasteiger partial charge in [-0.3, -0.25) is 4.79 Å². The number of carboxylic acids is 1. The number of rotatable bonds is 6. The van der Waals surface area contributed by atoms with Crippen molar-refractivity contribution in [2.45, 2.75) is 35.8 Å². The fourth-order valence-corrected chi connectivity index (χ4v) is 5.67. The number of hydrogen-bond donors (Lipinski definition) is 2. The number of carboxylic acid groups (broad SMARTS) is 1. The maximum Gasteiger partial charge on any atom is 0.329 e. The minimum Gasteiger partial charge on any atom is -0.484 e. The van der Waals surface area contributed by atoms with Gasteiger partial charge in [-0.1, -0.05) is 12.1 Å². The number of benzene rings is 1. The van der Waals surface area contributed by atoms with E-state index in [2.05, 4.69) is 5.32 Å². The largest absolute Gasteiger partial charge is 0.484 e. The van der Waals surface area contributed by atoms with Gasteiger partial charge in [0.05, 0.1) is 4.58 Å². The molecule has 1 aliphatic heterocycles. The van der Waals surface area contributed by atoms with Crippen molar-refractivity contribution < 1.29 is 19.4 Å². The molecule has 0 unspecified atom stereocenters. The molecule has 2 N–H and O–H groups in total. The fourth-order valence-electron chi connectivity index (χ4n) is 2.78. The molecule has 0 spiro atoms. The van der Waals surface area contributed by atoms with Gasteiger partial charge in [0.2, 0.25) is 0 Å². The van der Waals surface area contributed by atoms with Crippen LogP contribution in [0.1, 0.15) is 35.8 Å². The normalized spacial score (nSPS) is 20.0. The Morgan fingerprint density at radius 3 is 2.38 bits per heavy atom. The molecular weight excluding hydrogens is 346 g/mol. The van der Waals surface area contributed by atoms with Gasteiger partial charge in [-0.25, -0.2) is 4.79 Å². The number of thioether (sulfide) groups is 2. The summed E-state index contributed by atoms with van der Waals surface area (Å²) >= 11 is 3.92. The second-order valence-electron chi connectivity index (χ2n) is 6.07. The van der Waals surface area contributed by atoms with E-state index in [4.69, 9.17) is 4.74 Å². The summed E-state index contributed by atoms with van der Waals surface area (Å²) in [5.41, 5.74) is 0.181. The number of amides is 1. The third kappa shape index (κ3) is 4.00. The molecule has 1 saturated carbocycles. The maximum absolute atomic E-state index is 11.9. The zero-order valence-corrected chi connectivity index (χ0v) is 15.0. The predicted molar refractivity (Wildman–Crippen MR) is 96.6 cm³/mol. The Morgan fingerprint density at radius 1 is 1.17 bits per heavy atom. The van der Waals surface area contributed by atoms with Crippen molar-refractivity contribution in [1.82, 2.24) is 5.32 Å². The van der Waals surface area contributed by atoms with Crippen LogP contribution in [0.4, 0.5) is 0 Å². The van der Waals surface area contributed by atoms with Crippen LogP contribution in [0.2, 0.25) is 0 Å². The van der Waals surface area contributed by atoms with E-state index in [0.29, 0.717) is 23.2 Å². The van der Waals surface area contributed by atoms with E-state index in [1.165, 1.54) is 23.5 Å². The van der Waals surface area contributed by atoms with Crippen molar-refractivity contribution in [3.05, 3.63) is 29.8 Å². The molecule has 1 heterocycles. The van der Waals surface area contributed by atoms with Gasteiger partial charge < -0.3 is 15.2 Å². The Bertz CT molecular complexity index is 595. The molecule has 1 aromatic carbocycles. The first-order valence-corrected chi connectivity index (χ1v) is 10.2. The van der Waals surface area contributed by atoms with Crippen molar-refractivity contribution >= 4 is 35.4 Å². The van der Waals surface area contributed by atoms with Crippen molar-refractivity contribution in [3.63, 3.8) is 0 Å². The Hall–Kier alpha value is -1.34. The highest BCUT2D eigenvalue weighted by Gasteiger charge is 2.45. The van der Waals surface area contributed by atoms with Gasteiger partial charge in [-0.15, -0.1) is 23.5 Å². The van der Waals surface area contributed by atoms with Crippen molar-refractivity contribution in [2.24, 2.45) is 0 Å². The molecule has 5 nitrogen and oxygen atoms in total. The highest BCUT2D eigenvalue weighted by atomic mass is 32.2. The van der Waals surface area contributed by atoms with Crippen LogP contribution in [0.3, 0.4) is 0 Å². The van der Waals surface area contributed by atoms with E-state index in [-0.39, 0.29) is 12.5 Å². The number of aliphatic carboxylic acids is 1. The molecule has 130 valence electrons. The van der Waals surface area contributed by atoms with Crippen molar-refractivity contribution in [2.75, 3.05) is 18.1 Å². The minimum absolute atomic E-state index is 0.165. The van der Waals surface area contributed by atoms with Gasteiger partial charge in [0, 0.05) is 0 Å². The Labute approximate surface area is 149 Å². The average molecular weight is 367 g/mol. The first-order chi connectivity index (χ1) is 11.6. The zero-order chi connectivity index (χ0) is 17.0. The maximum atomic E-state index is 11.9. The third-order valence-electron chi connectivity index (χ3n) is 4.34. The van der Waals surface area contributed by atoms with Gasteiger partial charge in [0.25, 0.3) is 5.91 Å². The van der Waals surface area contributed by atoms with E-state index in [9.17, 15) is 14.7 Å². The Balaban J connectivity index is 1.49. The molecule has 7 heteroatoms. The lowest BCUT2D eigenvalue weighted by atomic mass is 9.77. The van der Waals surface area contributed by atoms with Gasteiger partial charge in [0.1, 0.15) is 11.3 Å². The molecule has 0 aromatic heterocycles. The molecule has 3 rings (SSSR count). The summed E-state index contributed by atoms with van der Waals surface area (Å²) in [4.78, 5) is 23.2. The van der Waals surface area contributed by atoms with Crippen LogP contribution in [-0.4, -0.2) is 40.6 Å². The summed E-state index contributed by atoms with van der Waals surface area (Å²) < 4.78 is 5.96. The van der Waals surface area contributed by atoms with Gasteiger partial charge >= 0.3 is 5.97 Å². The van der Waals surface area contributed by atoms with E-state index in [1.54, 1.807) is 0 Å². The number of carbonyl (C=O) groups is 2. The SMILES string of the molecule is O=C(COc1ccc(C2SCCCS2)cc1)NC1(C(=O)O)CCC1. The molecule has 0 bridgehead atoms. The lowest BCUT2D eigenvalue weighted by molar-refractivity contribution is -0.152. The van der Waals surface area contributed by atoms with Crippen LogP contribution >= 0.6 is 23.5 Å². The summed E-state index contributed by atoms with van der Waals surface area (Å²) in [5.74, 6) is 1.66. The molecule has 1 aromatic rings. The minimum atomic E-state index is -1.08. The summed E-state index contributed by atoms with van der Waals surface area (Å²) in [5, 5.41) is 11.8. The topological polar surface area (TPSA) is 75.6 Å². The van der Waals surface area contributed by atoms with Crippen LogP contribution in [-0.2, 0) is 9.59 Å². The molecule has 0 atom stereocenters. The van der Waals surface area contributed by atoms with E-state index < -0.39 is 11.5 Å². The molecule has 1 saturated heterocycles. The van der Waals surface area contributed by atoms with Gasteiger partial charge in [-0.05, 0) is 54.9 Å². The van der Waals surface area contributed by atoms with Crippen LogP contribution in [0.5, 0.6) is 5.75 Å². The molecule has 0 radical (unpaired) electrons. The predicted octanol–water partition coefficient (Wildman–Crippen LogP) is 3.06. The monoisotopic (exact) mass is 367 g/mol. The standard InChI is InChI=1S/C17H21NO4S2/c19-14(18-17(16(20)21)7-1-8-17)11-22-13-5-3-12(4-6-13)15-23-9-2-10-24-15/h3-6,15H,1-2,7-11H2,(H,18,19)(H,20,21). The summed E-state index contributed by atoms with van der Waals surface area (Å²) in [6.07, 6.45) is 3.06. The Kier molecular flexibility index (Phi) is 5.61. The second kappa shape index (κ2) is 7.70. The van der Waals surface area contributed by atoms with Crippen LogP contribution in [0.15, 0.2) is 24.3 Å². The lowest BCUT2D eigenvalue weighted by Crippen LogP contribution is -2.59. The zero-order valence-electron chi connectivity index (χ0n) is 13.3. The Morgan fingerprint density at radius 2 is 1.83 bits per heavy atom. The summed E-state index contributed by atoms with van der Waals surface area (Å²) in [6.45, 7) is -0.165. The lowest BCUT2D eigenvalue weighted by Gasteiger charge is -2.38. The third-order valence-corrected chi connectivity index (χ3v) is 7.36. The van der Waals surface area contributed by atoms with Crippen LogP contribution in [0.25, 0.3) is 0 Å². The van der Waals surface area contributed by atoms with Crippen molar-refractivity contribution in [1.29, 1.82) is 0 Å². The van der Waals surface area contributed by atoms with E-state index >= 15 is 0 Å².